The van der Waals surface area contributed by atoms with Crippen LogP contribution in [0.5, 0.6) is 0 Å². The monoisotopic (exact) mass is 456 g/mol. The van der Waals surface area contributed by atoms with E-state index in [0.29, 0.717) is 5.95 Å². The number of nitrogens with zero attached hydrogens (tertiary/aromatic N) is 4. The Bertz CT molecular complexity index is 1070. The van der Waals surface area contributed by atoms with Gasteiger partial charge >= 0.3 is 0 Å². The fraction of sp³-hybridized carbons (Fsp3) is 0.583. The van der Waals surface area contributed by atoms with Gasteiger partial charge in [-0.05, 0) is 44.6 Å². The second kappa shape index (κ2) is 10.1. The lowest BCUT2D eigenvalue weighted by Gasteiger charge is -2.20. The number of thiazole rings is 1. The normalized spacial score (nSPS) is 12.9. The number of aromatic nitrogens is 4. The van der Waals surface area contributed by atoms with Crippen molar-refractivity contribution in [2.75, 3.05) is 30.3 Å². The molecule has 174 valence electrons. The second-order valence-electron chi connectivity index (χ2n) is 9.66. The Balaban J connectivity index is 2.00. The minimum Gasteiger partial charge on any atom is -0.396 e. The summed E-state index contributed by atoms with van der Waals surface area (Å²) in [5.74, 6) is 1.68. The molecule has 1 atom stereocenters. The molecule has 32 heavy (non-hydrogen) atoms. The molecule has 8 heteroatoms. The number of pyridine rings is 1. The molecule has 0 saturated heterocycles. The van der Waals surface area contributed by atoms with Gasteiger partial charge in [-0.15, -0.1) is 11.3 Å². The van der Waals surface area contributed by atoms with Crippen LogP contribution in [0, 0.1) is 32.1 Å². The van der Waals surface area contributed by atoms with Gasteiger partial charge in [0.2, 0.25) is 5.95 Å². The van der Waals surface area contributed by atoms with E-state index < -0.39 is 0 Å². The number of rotatable bonds is 9. The van der Waals surface area contributed by atoms with Crippen molar-refractivity contribution in [1.82, 2.24) is 19.9 Å². The molecule has 0 bridgehead atoms. The Labute approximate surface area is 195 Å². The van der Waals surface area contributed by atoms with Crippen LogP contribution in [0.4, 0.5) is 11.8 Å². The van der Waals surface area contributed by atoms with Gasteiger partial charge in [0.25, 0.3) is 0 Å². The van der Waals surface area contributed by atoms with Gasteiger partial charge in [0.15, 0.2) is 0 Å². The van der Waals surface area contributed by atoms with Gasteiger partial charge in [-0.25, -0.2) is 9.97 Å². The van der Waals surface area contributed by atoms with Gasteiger partial charge in [-0.3, -0.25) is 4.98 Å². The molecule has 3 aromatic rings. The molecule has 0 aliphatic rings. The third-order valence-electron chi connectivity index (χ3n) is 5.44. The molecule has 0 fully saturated rings. The largest absolute Gasteiger partial charge is 0.396 e. The summed E-state index contributed by atoms with van der Waals surface area (Å²) < 4.78 is 1.12. The van der Waals surface area contributed by atoms with Gasteiger partial charge < -0.3 is 15.7 Å². The molecule has 0 amide bonds. The molecule has 0 aliphatic heterocycles. The Morgan fingerprint density at radius 2 is 1.78 bits per heavy atom. The molecule has 0 radical (unpaired) electrons. The Kier molecular flexibility index (Phi) is 7.67. The lowest BCUT2D eigenvalue weighted by Crippen LogP contribution is -2.21. The van der Waals surface area contributed by atoms with Crippen molar-refractivity contribution in [3.05, 3.63) is 23.1 Å². The molecular weight excluding hydrogens is 420 g/mol. The summed E-state index contributed by atoms with van der Waals surface area (Å²) in [5.41, 5.74) is 4.80. The number of nitrogens with one attached hydrogen (secondary N) is 2. The first-order chi connectivity index (χ1) is 15.1. The predicted octanol–water partition coefficient (Wildman–Crippen LogP) is 5.35. The predicted molar refractivity (Wildman–Crippen MR) is 135 cm³/mol. The van der Waals surface area contributed by atoms with E-state index in [4.69, 9.17) is 15.0 Å². The molecule has 0 spiro atoms. The van der Waals surface area contributed by atoms with Gasteiger partial charge in [0.1, 0.15) is 16.3 Å². The van der Waals surface area contributed by atoms with Crippen molar-refractivity contribution in [2.24, 2.45) is 11.3 Å². The number of aliphatic hydroxyl groups excluding tert-OH is 1. The smallest absolute Gasteiger partial charge is 0.224 e. The molecule has 0 saturated carbocycles. The molecule has 1 unspecified atom stereocenters. The first kappa shape index (κ1) is 24.3. The van der Waals surface area contributed by atoms with Gasteiger partial charge in [0.05, 0.1) is 21.7 Å². The molecule has 3 aromatic heterocycles. The van der Waals surface area contributed by atoms with Crippen LogP contribution in [0.2, 0.25) is 0 Å². The fourth-order valence-corrected chi connectivity index (χ4v) is 4.75. The minimum absolute atomic E-state index is 0.119. The van der Waals surface area contributed by atoms with E-state index in [1.165, 1.54) is 0 Å². The summed E-state index contributed by atoms with van der Waals surface area (Å²) >= 11 is 1.65. The summed E-state index contributed by atoms with van der Waals surface area (Å²) in [4.78, 5) is 19.1. The van der Waals surface area contributed by atoms with E-state index in [9.17, 15) is 5.11 Å². The molecule has 0 aromatic carbocycles. The van der Waals surface area contributed by atoms with Crippen molar-refractivity contribution in [3.63, 3.8) is 0 Å². The zero-order chi connectivity index (χ0) is 23.5. The molecule has 7 nitrogen and oxygen atoms in total. The summed E-state index contributed by atoms with van der Waals surface area (Å²) in [6, 6.07) is 2.08. The van der Waals surface area contributed by atoms with Crippen LogP contribution in [0.3, 0.4) is 0 Å². The van der Waals surface area contributed by atoms with Crippen molar-refractivity contribution >= 4 is 33.3 Å². The van der Waals surface area contributed by atoms with Crippen LogP contribution >= 0.6 is 11.3 Å². The van der Waals surface area contributed by atoms with E-state index in [2.05, 4.69) is 49.4 Å². The molecular formula is C24H36N6OS. The minimum atomic E-state index is 0.119. The Morgan fingerprint density at radius 1 is 1.03 bits per heavy atom. The lowest BCUT2D eigenvalue weighted by atomic mass is 9.97. The molecule has 0 aliphatic carbocycles. The highest BCUT2D eigenvalue weighted by molar-refractivity contribution is 7.21. The van der Waals surface area contributed by atoms with Crippen molar-refractivity contribution in [3.8, 4) is 10.6 Å². The van der Waals surface area contributed by atoms with Crippen molar-refractivity contribution in [2.45, 2.75) is 61.3 Å². The number of aryl methyl sites for hydroxylation is 3. The average molecular weight is 457 g/mol. The van der Waals surface area contributed by atoms with Gasteiger partial charge in [-0.1, -0.05) is 34.1 Å². The van der Waals surface area contributed by atoms with Crippen LogP contribution in [0.25, 0.3) is 20.8 Å². The molecule has 3 rings (SSSR count). The lowest BCUT2D eigenvalue weighted by molar-refractivity contribution is 0.217. The third kappa shape index (κ3) is 5.92. The second-order valence-corrected chi connectivity index (χ2v) is 10.7. The van der Waals surface area contributed by atoms with E-state index >= 15 is 0 Å². The van der Waals surface area contributed by atoms with E-state index in [1.54, 1.807) is 11.3 Å². The number of fused-ring (bicyclic) bond motifs is 1. The number of aliphatic hydroxyl groups is 1. The number of hydrogen-bond acceptors (Lipinski definition) is 8. The quantitative estimate of drug-likeness (QED) is 0.399. The zero-order valence-corrected chi connectivity index (χ0v) is 21.2. The van der Waals surface area contributed by atoms with Crippen LogP contribution in [-0.4, -0.2) is 44.7 Å². The summed E-state index contributed by atoms with van der Waals surface area (Å²) in [6.07, 6.45) is 1.83. The van der Waals surface area contributed by atoms with Crippen LogP contribution in [0.1, 0.15) is 57.6 Å². The van der Waals surface area contributed by atoms with Crippen molar-refractivity contribution < 1.29 is 5.11 Å². The van der Waals surface area contributed by atoms with Crippen LogP contribution in [-0.2, 0) is 0 Å². The zero-order valence-electron chi connectivity index (χ0n) is 20.3. The van der Waals surface area contributed by atoms with Gasteiger partial charge in [-0.2, -0.15) is 4.98 Å². The summed E-state index contributed by atoms with van der Waals surface area (Å²) in [5, 5.41) is 17.3. The van der Waals surface area contributed by atoms with E-state index in [0.717, 1.165) is 69.6 Å². The van der Waals surface area contributed by atoms with Crippen LogP contribution in [0.15, 0.2) is 6.07 Å². The maximum Gasteiger partial charge on any atom is 0.224 e. The fourth-order valence-electron chi connectivity index (χ4n) is 3.53. The number of anilines is 2. The maximum absolute atomic E-state index is 9.54. The first-order valence-corrected chi connectivity index (χ1v) is 12.1. The standard InChI is InChI=1S/C24H36N6OS/c1-8-17(12-31)9-10-25-21-19(15(3)28-23(30-21)26-13-24(5,6)7)22-29-20-16(4)27-14(2)11-18(20)32-22/h11,17,31H,8-10,12-13H2,1-7H3,(H2,25,26,28,30). The molecule has 3 heterocycles. The summed E-state index contributed by atoms with van der Waals surface area (Å²) in [6.45, 7) is 16.4. The highest BCUT2D eigenvalue weighted by atomic mass is 32.1. The Hall–Kier alpha value is -2.32. The third-order valence-corrected chi connectivity index (χ3v) is 6.46. The van der Waals surface area contributed by atoms with E-state index in [1.807, 2.05) is 20.8 Å². The topological polar surface area (TPSA) is 95.8 Å². The SMILES string of the molecule is CCC(CO)CCNc1nc(NCC(C)(C)C)nc(C)c1-c1nc2c(C)nc(C)cc2s1. The highest BCUT2D eigenvalue weighted by Gasteiger charge is 2.20. The average Bonchev–Trinajstić information content (AvgIpc) is 3.12. The van der Waals surface area contributed by atoms with Crippen molar-refractivity contribution in [1.29, 1.82) is 0 Å². The van der Waals surface area contributed by atoms with Gasteiger partial charge in [0, 0.05) is 25.4 Å². The van der Waals surface area contributed by atoms with Crippen LogP contribution < -0.4 is 10.6 Å². The Morgan fingerprint density at radius 3 is 2.44 bits per heavy atom. The van der Waals surface area contributed by atoms with E-state index in [-0.39, 0.29) is 17.9 Å². The summed E-state index contributed by atoms with van der Waals surface area (Å²) in [7, 11) is 0. The highest BCUT2D eigenvalue weighted by Crippen LogP contribution is 2.37. The first-order valence-electron chi connectivity index (χ1n) is 11.3. The number of hydrogen-bond donors (Lipinski definition) is 3. The maximum atomic E-state index is 9.54. The molecule has 3 N–H and O–H groups in total.